The first kappa shape index (κ1) is 68.3. The maximum atomic E-state index is 11.8. The van der Waals surface area contributed by atoms with Gasteiger partial charge in [-0.15, -0.1) is 20.4 Å². The third kappa shape index (κ3) is 24.1. The molecule has 0 saturated carbocycles. The van der Waals surface area contributed by atoms with E-state index in [4.69, 9.17) is 28.9 Å². The Bertz CT molecular complexity index is 2880. The number of allylic oxidation sites excluding steroid dienone is 1. The molecule has 0 saturated heterocycles. The largest absolute Gasteiger partial charge is 0.477 e. The first-order chi connectivity index (χ1) is 36.7. The minimum atomic E-state index is -1.05. The number of carbonyl (C=O) groups is 7. The van der Waals surface area contributed by atoms with E-state index in [1.165, 1.54) is 91.5 Å². The van der Waals surface area contributed by atoms with Crippen LogP contribution in [0, 0.1) is 0 Å². The number of hydrogen-bond acceptors (Lipinski definition) is 19. The van der Waals surface area contributed by atoms with Gasteiger partial charge in [0.15, 0.2) is 23.1 Å². The van der Waals surface area contributed by atoms with Crippen LogP contribution < -0.4 is 24.5 Å². The average Bonchev–Trinajstić information content (AvgIpc) is 4.23. The second kappa shape index (κ2) is 35.5. The topological polar surface area (TPSA) is 311 Å². The molecule has 0 bridgehead atoms. The zero-order chi connectivity index (χ0) is 59.8. The zero-order valence-electron chi connectivity index (χ0n) is 46.3. The van der Waals surface area contributed by atoms with Crippen LogP contribution in [-0.2, 0) is 54.4 Å². The monoisotopic (exact) mass is 1090 g/mol. The number of aryl methyl sites for hydroxylation is 5. The zero-order valence-corrected chi connectivity index (χ0v) is 46.3. The highest BCUT2D eigenvalue weighted by atomic mass is 16.7. The average molecular weight is 1090 g/mol. The summed E-state index contributed by atoms with van der Waals surface area (Å²) in [5, 5.41) is 28.1. The predicted octanol–water partition coefficient (Wildman–Crippen LogP) is 3.95. The highest BCUT2D eigenvalue weighted by Gasteiger charge is 2.21. The fourth-order valence-corrected chi connectivity index (χ4v) is 5.33. The van der Waals surface area contributed by atoms with Crippen LogP contribution in [0.2, 0.25) is 0 Å². The summed E-state index contributed by atoms with van der Waals surface area (Å²) < 4.78 is 32.6. The van der Waals surface area contributed by atoms with E-state index in [9.17, 15) is 38.4 Å². The molecule has 0 aliphatic rings. The Hall–Kier alpha value is -9.66. The van der Waals surface area contributed by atoms with Gasteiger partial charge in [0, 0.05) is 93.6 Å². The molecule has 5 heterocycles. The first-order valence-corrected chi connectivity index (χ1v) is 22.7. The van der Waals surface area contributed by atoms with Crippen molar-refractivity contribution in [3.05, 3.63) is 144 Å². The molecule has 5 aromatic heterocycles. The lowest BCUT2D eigenvalue weighted by Gasteiger charge is -2.12. The van der Waals surface area contributed by atoms with Crippen LogP contribution >= 0.6 is 0 Å². The summed E-state index contributed by atoms with van der Waals surface area (Å²) in [4.78, 5) is 94.6. The minimum Gasteiger partial charge on any atom is -0.477 e. The van der Waals surface area contributed by atoms with Crippen molar-refractivity contribution in [2.45, 2.75) is 20.8 Å². The summed E-state index contributed by atoms with van der Waals surface area (Å²) in [7, 11) is 16.1. The van der Waals surface area contributed by atoms with E-state index in [0.717, 1.165) is 5.06 Å². The molecule has 0 radical (unpaired) electrons. The lowest BCUT2D eigenvalue weighted by Crippen LogP contribution is -2.25. The molecule has 1 amide bonds. The molecule has 424 valence electrons. The number of carbonyl (C=O) groups excluding carboxylic acids is 6. The van der Waals surface area contributed by atoms with Crippen LogP contribution in [0.5, 0.6) is 23.5 Å². The smallest absolute Gasteiger partial charge is 0.342 e. The molecule has 0 fully saturated rings. The van der Waals surface area contributed by atoms with Crippen molar-refractivity contribution in [3.8, 4) is 23.5 Å². The van der Waals surface area contributed by atoms with E-state index in [1.54, 1.807) is 95.7 Å². The van der Waals surface area contributed by atoms with Crippen LogP contribution in [0.4, 0.5) is 0 Å². The number of methoxy groups -OCH3 is 1. The Morgan fingerprint density at radius 1 is 0.590 bits per heavy atom. The number of hydrogen-bond donors (Lipinski definition) is 2. The summed E-state index contributed by atoms with van der Waals surface area (Å²) in [6.45, 7) is 22.8. The molecule has 27 nitrogen and oxygen atoms in total. The highest BCUT2D eigenvalue weighted by molar-refractivity contribution is 6.16. The number of ether oxygens (including phenoxy) is 5. The Labute approximate surface area is 451 Å². The SMILES string of the molecule is C=CCOc1nn(C)cc1C(=O)C=C.C=CCOc1nn(C)cc1C(=O)N(C)OC.C=CCOc1nn(C)cc1C(=O)O.C=CCOc1nn(C)cc1C(C)=O.CC(=O)c1cn(C)[nH]c1=O.COC(=O)/C(=C\N(C)C)C(C)=O. The maximum absolute atomic E-state index is 11.8. The summed E-state index contributed by atoms with van der Waals surface area (Å²) in [6.07, 6.45) is 16.7. The van der Waals surface area contributed by atoms with Crippen molar-refractivity contribution in [2.24, 2.45) is 35.2 Å². The number of nitrogens with one attached hydrogen (secondary N) is 1. The molecule has 2 N–H and O–H groups in total. The van der Waals surface area contributed by atoms with Crippen LogP contribution in [0.25, 0.3) is 0 Å². The van der Waals surface area contributed by atoms with Gasteiger partial charge in [0.2, 0.25) is 23.5 Å². The van der Waals surface area contributed by atoms with Gasteiger partial charge in [-0.25, -0.2) is 14.7 Å². The van der Waals surface area contributed by atoms with Gasteiger partial charge in [-0.2, -0.15) is 0 Å². The number of Topliss-reactive ketones (excluding diaryl/α,β-unsaturated/α-hetero) is 3. The van der Waals surface area contributed by atoms with Crippen molar-refractivity contribution in [3.63, 3.8) is 0 Å². The van der Waals surface area contributed by atoms with Gasteiger partial charge in [-0.1, -0.05) is 57.2 Å². The minimum absolute atomic E-state index is 0.0489. The molecule has 0 unspecified atom stereocenters. The van der Waals surface area contributed by atoms with Gasteiger partial charge in [0.1, 0.15) is 54.3 Å². The van der Waals surface area contributed by atoms with Gasteiger partial charge in [-0.05, 0) is 26.8 Å². The van der Waals surface area contributed by atoms with Gasteiger partial charge < -0.3 is 33.7 Å². The molecule has 0 aliphatic carbocycles. The van der Waals surface area contributed by atoms with E-state index in [1.807, 2.05) is 0 Å². The molecule has 0 atom stereocenters. The lowest BCUT2D eigenvalue weighted by molar-refractivity contribution is -0.137. The number of hydroxylamine groups is 2. The summed E-state index contributed by atoms with van der Waals surface area (Å²) in [5.41, 5.74) is 1.28. The lowest BCUT2D eigenvalue weighted by atomic mass is 10.2. The van der Waals surface area contributed by atoms with Crippen molar-refractivity contribution < 1.29 is 67.2 Å². The third-order valence-electron chi connectivity index (χ3n) is 8.78. The second-order valence-corrected chi connectivity index (χ2v) is 15.6. The molecule has 5 aromatic rings. The quantitative estimate of drug-likeness (QED) is 0.0188. The summed E-state index contributed by atoms with van der Waals surface area (Å²) in [5.74, 6) is -1.63. The number of H-pyrrole nitrogens is 1. The van der Waals surface area contributed by atoms with E-state index in [-0.39, 0.29) is 69.7 Å². The summed E-state index contributed by atoms with van der Waals surface area (Å²) >= 11 is 0. The molecule has 78 heavy (non-hydrogen) atoms. The molecular formula is C51H70N12O15. The Balaban J connectivity index is 0.000000917. The molecule has 5 rings (SSSR count). The van der Waals surface area contributed by atoms with E-state index < -0.39 is 11.9 Å². The van der Waals surface area contributed by atoms with Crippen LogP contribution in [0.3, 0.4) is 0 Å². The molecule has 0 aliphatic heterocycles. The van der Waals surface area contributed by atoms with Gasteiger partial charge in [0.05, 0.1) is 19.8 Å². The number of rotatable bonds is 22. The fourth-order valence-electron chi connectivity index (χ4n) is 5.33. The van der Waals surface area contributed by atoms with Crippen molar-refractivity contribution >= 4 is 41.0 Å². The van der Waals surface area contributed by atoms with Gasteiger partial charge >= 0.3 is 11.9 Å². The Kier molecular flexibility index (Phi) is 31.1. The standard InChI is InChI=1S/C10H15N3O3.C10H12N2O2.C9H12N2O2.C8H10N2O3.C8H13NO3.C6H8N2O2/c1-5-6-16-9-8(7-12(2)11-9)10(14)13(3)15-4;1-4-6-14-10-8(9(13)5-2)7-12(3)11-10;1-4-5-13-9-8(7(2)12)6-11(3)10-9;1-3-4-13-7-6(8(11)12)5-10(2)9-7;1-6(10)7(5-9(2)3)8(11)12-4;1-4(9)5-3-8(2)7-6(5)10/h5,7H,1,6H2,2-4H3;4-5,7H,1-2,6H2,3H3;4,6H,1,5H2,2-3H3;3,5H,1,4H2,2H3,(H,11,12);5H,1-4H3;3H,1-2H3,(H,7,10)/b;;;;7-5-;. The van der Waals surface area contributed by atoms with Gasteiger partial charge in [0.25, 0.3) is 11.5 Å². The molecule has 0 aromatic carbocycles. The Morgan fingerprint density at radius 2 is 0.962 bits per heavy atom. The molecular weight excluding hydrogens is 1020 g/mol. The maximum Gasteiger partial charge on any atom is 0.342 e. The fraction of sp³-hybridized carbons (Fsp3) is 0.333. The van der Waals surface area contributed by atoms with E-state index >= 15 is 0 Å². The first-order valence-electron chi connectivity index (χ1n) is 22.7. The number of aromatic carboxylic acids is 1. The number of ketones is 4. The third-order valence-corrected chi connectivity index (χ3v) is 8.78. The predicted molar refractivity (Wildman–Crippen MR) is 287 cm³/mol. The summed E-state index contributed by atoms with van der Waals surface area (Å²) in [6, 6.07) is 0. The van der Waals surface area contributed by atoms with Crippen molar-refractivity contribution in [1.29, 1.82) is 0 Å². The normalized spacial score (nSPS) is 9.88. The second-order valence-electron chi connectivity index (χ2n) is 15.6. The Morgan fingerprint density at radius 3 is 1.27 bits per heavy atom. The highest BCUT2D eigenvalue weighted by Crippen LogP contribution is 2.19. The van der Waals surface area contributed by atoms with Crippen LogP contribution in [-0.4, -0.2) is 167 Å². The number of carboxylic acid groups (broad SMARTS) is 1. The molecule has 27 heteroatoms. The van der Waals surface area contributed by atoms with Crippen molar-refractivity contribution in [2.75, 3.05) is 61.8 Å². The van der Waals surface area contributed by atoms with Crippen molar-refractivity contribution in [1.82, 2.24) is 58.9 Å². The number of amides is 1. The van der Waals surface area contributed by atoms with E-state index in [0.29, 0.717) is 48.3 Å². The molecule has 0 spiro atoms. The van der Waals surface area contributed by atoms with E-state index in [2.05, 4.69) is 63.1 Å². The number of esters is 1. The number of carboxylic acids is 1. The van der Waals surface area contributed by atoms with Crippen LogP contribution in [0.15, 0.2) is 111 Å². The number of aromatic amines is 1. The number of nitrogens with zero attached hydrogens (tertiary/aromatic N) is 11. The number of aromatic nitrogens is 10. The van der Waals surface area contributed by atoms with Crippen LogP contribution in [0.1, 0.15) is 72.6 Å². The van der Waals surface area contributed by atoms with Gasteiger partial charge in [-0.3, -0.25) is 62.1 Å².